The van der Waals surface area contributed by atoms with Gasteiger partial charge in [-0.25, -0.2) is 15.0 Å². The average molecular weight is 598 g/mol. The Labute approximate surface area is 225 Å². The summed E-state index contributed by atoms with van der Waals surface area (Å²) in [5, 5.41) is 2.44. The molecule has 0 radical (unpaired) electrons. The second-order valence-electron chi connectivity index (χ2n) is 8.19. The number of benzene rings is 4. The van der Waals surface area contributed by atoms with Crippen LogP contribution in [0.4, 0.5) is 0 Å². The lowest BCUT2D eigenvalue weighted by Gasteiger charge is -2.14. The molecule has 0 atom stereocenters. The molecule has 0 unspecified atom stereocenters. The van der Waals surface area contributed by atoms with Crippen molar-refractivity contribution in [1.29, 1.82) is 0 Å². The molecule has 0 saturated heterocycles. The van der Waals surface area contributed by atoms with Crippen LogP contribution in [-0.4, -0.2) is 19.5 Å². The molecule has 6 rings (SSSR count). The zero-order valence-corrected chi connectivity index (χ0v) is 22.0. The van der Waals surface area contributed by atoms with Crippen LogP contribution in [0.25, 0.3) is 38.9 Å². The van der Waals surface area contributed by atoms with Crippen molar-refractivity contribution in [3.63, 3.8) is 0 Å². The fraction of sp³-hybridized carbons (Fsp3) is 0.0345. The van der Waals surface area contributed by atoms with Gasteiger partial charge in [0.05, 0.1) is 27.9 Å². The summed E-state index contributed by atoms with van der Waals surface area (Å²) in [4.78, 5) is 28.3. The highest BCUT2D eigenvalue weighted by atomic mass is 127. The lowest BCUT2D eigenvalue weighted by atomic mass is 10.2. The van der Waals surface area contributed by atoms with E-state index < -0.39 is 0 Å². The Morgan fingerprint density at radius 3 is 2.22 bits per heavy atom. The maximum Gasteiger partial charge on any atom is 0.266 e. The predicted molar refractivity (Wildman–Crippen MR) is 155 cm³/mol. The van der Waals surface area contributed by atoms with E-state index in [4.69, 9.17) is 15.0 Å². The van der Waals surface area contributed by atoms with Crippen molar-refractivity contribution in [2.75, 3.05) is 0 Å². The third kappa shape index (κ3) is 4.40. The first-order valence-electron chi connectivity index (χ1n) is 11.4. The number of rotatable bonds is 5. The SMILES string of the molecule is O=c1c2cc(I)ccc2nc(CSc2nc(-c3ccccc3)nc3ccccc23)n1-c1ccccc1. The van der Waals surface area contributed by atoms with Gasteiger partial charge in [-0.15, -0.1) is 0 Å². The van der Waals surface area contributed by atoms with Crippen molar-refractivity contribution >= 4 is 56.2 Å². The maximum absolute atomic E-state index is 13.6. The third-order valence-electron chi connectivity index (χ3n) is 5.85. The Morgan fingerprint density at radius 2 is 1.42 bits per heavy atom. The first-order valence-corrected chi connectivity index (χ1v) is 13.5. The molecular formula is C29H19IN4OS. The van der Waals surface area contributed by atoms with Gasteiger partial charge in [0.15, 0.2) is 5.82 Å². The van der Waals surface area contributed by atoms with Crippen molar-refractivity contribution in [2.24, 2.45) is 0 Å². The molecule has 6 aromatic rings. The van der Waals surface area contributed by atoms with Gasteiger partial charge < -0.3 is 0 Å². The van der Waals surface area contributed by atoms with Crippen LogP contribution < -0.4 is 5.56 Å². The third-order valence-corrected chi connectivity index (χ3v) is 7.51. The Balaban J connectivity index is 1.48. The summed E-state index contributed by atoms with van der Waals surface area (Å²) in [6.07, 6.45) is 0. The lowest BCUT2D eigenvalue weighted by Crippen LogP contribution is -2.23. The molecule has 0 spiro atoms. The molecule has 2 aromatic heterocycles. The highest BCUT2D eigenvalue weighted by molar-refractivity contribution is 14.1. The van der Waals surface area contributed by atoms with Crippen LogP contribution in [0, 0.1) is 3.57 Å². The van der Waals surface area contributed by atoms with E-state index in [9.17, 15) is 4.79 Å². The highest BCUT2D eigenvalue weighted by Crippen LogP contribution is 2.31. The highest BCUT2D eigenvalue weighted by Gasteiger charge is 2.16. The molecule has 5 nitrogen and oxygen atoms in total. The quantitative estimate of drug-likeness (QED) is 0.123. The van der Waals surface area contributed by atoms with E-state index in [0.717, 1.165) is 30.7 Å². The van der Waals surface area contributed by atoms with Gasteiger partial charge in [-0.3, -0.25) is 9.36 Å². The molecule has 174 valence electrons. The normalized spacial score (nSPS) is 11.2. The zero-order chi connectivity index (χ0) is 24.5. The standard InChI is InChI=1S/C29H19IN4OS/c30-20-15-16-25-23(17-20)29(35)34(21-11-5-2-6-12-21)26(31-25)18-36-28-22-13-7-8-14-24(22)32-27(33-28)19-9-3-1-4-10-19/h1-17H,18H2. The van der Waals surface area contributed by atoms with Gasteiger partial charge in [-0.05, 0) is 59.0 Å². The van der Waals surface area contributed by atoms with E-state index in [1.807, 2.05) is 103 Å². The molecule has 7 heteroatoms. The van der Waals surface area contributed by atoms with E-state index in [1.54, 1.807) is 16.3 Å². The van der Waals surface area contributed by atoms with Crippen LogP contribution in [0.15, 0.2) is 113 Å². The summed E-state index contributed by atoms with van der Waals surface area (Å²) in [6, 6.07) is 33.5. The minimum absolute atomic E-state index is 0.0714. The molecule has 4 aromatic carbocycles. The van der Waals surface area contributed by atoms with E-state index in [2.05, 4.69) is 22.6 Å². The largest absolute Gasteiger partial charge is 0.268 e. The first kappa shape index (κ1) is 22.9. The molecule has 0 fully saturated rings. The summed E-state index contributed by atoms with van der Waals surface area (Å²) in [5.74, 6) is 1.83. The minimum atomic E-state index is -0.0714. The van der Waals surface area contributed by atoms with Crippen molar-refractivity contribution in [2.45, 2.75) is 10.8 Å². The molecule has 0 aliphatic rings. The Bertz CT molecular complexity index is 1770. The topological polar surface area (TPSA) is 60.7 Å². The number of thioether (sulfide) groups is 1. The van der Waals surface area contributed by atoms with Crippen LogP contribution in [0.2, 0.25) is 0 Å². The van der Waals surface area contributed by atoms with Crippen molar-refractivity contribution in [3.8, 4) is 17.1 Å². The van der Waals surface area contributed by atoms with Crippen LogP contribution in [0.5, 0.6) is 0 Å². The minimum Gasteiger partial charge on any atom is -0.268 e. The van der Waals surface area contributed by atoms with Crippen molar-refractivity contribution in [3.05, 3.63) is 123 Å². The summed E-state index contributed by atoms with van der Waals surface area (Å²) in [6.45, 7) is 0. The molecular weight excluding hydrogens is 579 g/mol. The monoisotopic (exact) mass is 598 g/mol. The number of hydrogen-bond donors (Lipinski definition) is 0. The molecule has 0 aliphatic carbocycles. The second kappa shape index (κ2) is 9.83. The number of aromatic nitrogens is 4. The second-order valence-corrected chi connectivity index (χ2v) is 10.4. The summed E-state index contributed by atoms with van der Waals surface area (Å²) in [7, 11) is 0. The summed E-state index contributed by atoms with van der Waals surface area (Å²) >= 11 is 3.79. The zero-order valence-electron chi connectivity index (χ0n) is 19.0. The van der Waals surface area contributed by atoms with Gasteiger partial charge in [0, 0.05) is 14.5 Å². The molecule has 0 amide bonds. The van der Waals surface area contributed by atoms with Crippen LogP contribution in [-0.2, 0) is 5.75 Å². The van der Waals surface area contributed by atoms with E-state index in [1.165, 1.54) is 0 Å². The molecule has 0 saturated carbocycles. The number of fused-ring (bicyclic) bond motifs is 2. The molecule has 0 bridgehead atoms. The van der Waals surface area contributed by atoms with Gasteiger partial charge in [-0.2, -0.15) is 0 Å². The van der Waals surface area contributed by atoms with E-state index >= 15 is 0 Å². The lowest BCUT2D eigenvalue weighted by molar-refractivity contribution is 0.883. The van der Waals surface area contributed by atoms with Gasteiger partial charge >= 0.3 is 0 Å². The van der Waals surface area contributed by atoms with E-state index in [-0.39, 0.29) is 5.56 Å². The van der Waals surface area contributed by atoms with Crippen LogP contribution >= 0.6 is 34.4 Å². The first-order chi connectivity index (χ1) is 17.7. The molecule has 36 heavy (non-hydrogen) atoms. The number of hydrogen-bond acceptors (Lipinski definition) is 5. The van der Waals surface area contributed by atoms with Crippen molar-refractivity contribution in [1.82, 2.24) is 19.5 Å². The van der Waals surface area contributed by atoms with Gasteiger partial charge in [0.1, 0.15) is 10.9 Å². The van der Waals surface area contributed by atoms with Gasteiger partial charge in [0.25, 0.3) is 5.56 Å². The van der Waals surface area contributed by atoms with Crippen LogP contribution in [0.1, 0.15) is 5.82 Å². The summed E-state index contributed by atoms with van der Waals surface area (Å²) in [5.41, 5.74) is 3.27. The maximum atomic E-state index is 13.6. The van der Waals surface area contributed by atoms with Gasteiger partial charge in [-0.1, -0.05) is 78.5 Å². The fourth-order valence-electron chi connectivity index (χ4n) is 4.15. The Morgan fingerprint density at radius 1 is 0.722 bits per heavy atom. The fourth-order valence-corrected chi connectivity index (χ4v) is 5.58. The molecule has 2 heterocycles. The number of nitrogens with zero attached hydrogens (tertiary/aromatic N) is 4. The predicted octanol–water partition coefficient (Wildman–Crippen LogP) is 6.89. The van der Waals surface area contributed by atoms with E-state index in [0.29, 0.717) is 28.3 Å². The smallest absolute Gasteiger partial charge is 0.266 e. The number of halogens is 1. The molecule has 0 N–H and O–H groups in total. The van der Waals surface area contributed by atoms with Gasteiger partial charge in [0.2, 0.25) is 0 Å². The van der Waals surface area contributed by atoms with Crippen molar-refractivity contribution < 1.29 is 0 Å². The Kier molecular flexibility index (Phi) is 6.25. The molecule has 0 aliphatic heterocycles. The number of para-hydroxylation sites is 2. The Hall–Kier alpha value is -3.56. The summed E-state index contributed by atoms with van der Waals surface area (Å²) < 4.78 is 2.72. The van der Waals surface area contributed by atoms with Crippen LogP contribution in [0.3, 0.4) is 0 Å². The average Bonchev–Trinajstić information content (AvgIpc) is 2.93.